The van der Waals surface area contributed by atoms with Crippen LogP contribution in [0.3, 0.4) is 0 Å². The van der Waals surface area contributed by atoms with Crippen LogP contribution in [0.1, 0.15) is 39.0 Å². The monoisotopic (exact) mass is 200 g/mol. The van der Waals surface area contributed by atoms with Crippen molar-refractivity contribution in [1.82, 2.24) is 5.32 Å². The van der Waals surface area contributed by atoms with Gasteiger partial charge in [-0.2, -0.15) is 0 Å². The van der Waals surface area contributed by atoms with E-state index in [4.69, 9.17) is 10.8 Å². The van der Waals surface area contributed by atoms with Gasteiger partial charge in [-0.1, -0.05) is 6.92 Å². The van der Waals surface area contributed by atoms with Crippen LogP contribution in [0.2, 0.25) is 0 Å². The molecule has 1 fully saturated rings. The largest absolute Gasteiger partial charge is 0.378 e. The van der Waals surface area contributed by atoms with Crippen LogP contribution >= 0.6 is 0 Å². The van der Waals surface area contributed by atoms with E-state index in [1.54, 1.807) is 0 Å². The van der Waals surface area contributed by atoms with Gasteiger partial charge >= 0.3 is 0 Å². The summed E-state index contributed by atoms with van der Waals surface area (Å²) in [4.78, 5) is 11.3. The van der Waals surface area contributed by atoms with Crippen molar-refractivity contribution < 1.29 is 9.90 Å². The first-order valence-corrected chi connectivity index (χ1v) is 5.31. The molecule has 0 spiro atoms. The summed E-state index contributed by atoms with van der Waals surface area (Å²) in [6.45, 7) is 2.24. The molecule has 1 rings (SSSR count). The second kappa shape index (κ2) is 5.32. The molecule has 0 heterocycles. The summed E-state index contributed by atoms with van der Waals surface area (Å²) < 4.78 is 0. The fraction of sp³-hybridized carbons (Fsp3) is 0.900. The van der Waals surface area contributed by atoms with Crippen LogP contribution in [0.25, 0.3) is 0 Å². The van der Waals surface area contributed by atoms with Crippen LogP contribution in [0.15, 0.2) is 0 Å². The van der Waals surface area contributed by atoms with Crippen molar-refractivity contribution in [3.63, 3.8) is 0 Å². The van der Waals surface area contributed by atoms with E-state index in [2.05, 4.69) is 12.2 Å². The van der Waals surface area contributed by atoms with E-state index in [9.17, 15) is 4.79 Å². The summed E-state index contributed by atoms with van der Waals surface area (Å²) in [5.41, 5.74) is 5.12. The number of nitrogens with one attached hydrogen (secondary N) is 1. The number of rotatable bonds is 3. The van der Waals surface area contributed by atoms with Crippen LogP contribution in [0.5, 0.6) is 0 Å². The standard InChI is InChI=1S/C10H20N2O2/c1-7-2-4-8(5-3-7)12-10(14)6-9(11)13/h7-9,13H,2-6,11H2,1H3,(H,12,14). The van der Waals surface area contributed by atoms with Gasteiger partial charge in [-0.05, 0) is 31.6 Å². The second-order valence-electron chi connectivity index (χ2n) is 4.30. The van der Waals surface area contributed by atoms with Gasteiger partial charge in [0.05, 0.1) is 6.42 Å². The average molecular weight is 200 g/mol. The summed E-state index contributed by atoms with van der Waals surface area (Å²) in [5, 5.41) is 11.7. The fourth-order valence-electron chi connectivity index (χ4n) is 1.88. The quantitative estimate of drug-likeness (QED) is 0.575. The third kappa shape index (κ3) is 4.07. The Morgan fingerprint density at radius 2 is 2.07 bits per heavy atom. The number of aliphatic hydroxyl groups is 1. The number of carbonyl (C=O) groups excluding carboxylic acids is 1. The Labute approximate surface area is 84.9 Å². The molecule has 0 aromatic carbocycles. The molecule has 0 saturated heterocycles. The predicted molar refractivity (Wildman–Crippen MR) is 54.4 cm³/mol. The maximum Gasteiger partial charge on any atom is 0.224 e. The fourth-order valence-corrected chi connectivity index (χ4v) is 1.88. The molecule has 4 N–H and O–H groups in total. The van der Waals surface area contributed by atoms with Gasteiger partial charge < -0.3 is 16.2 Å². The Kier molecular flexibility index (Phi) is 4.35. The number of nitrogens with two attached hydrogens (primary N) is 1. The number of carbonyl (C=O) groups is 1. The molecule has 0 aromatic rings. The average Bonchev–Trinajstić information content (AvgIpc) is 2.07. The highest BCUT2D eigenvalue weighted by atomic mass is 16.3. The highest BCUT2D eigenvalue weighted by Crippen LogP contribution is 2.23. The maximum absolute atomic E-state index is 11.3. The third-order valence-electron chi connectivity index (χ3n) is 2.78. The van der Waals surface area contributed by atoms with Gasteiger partial charge in [0.25, 0.3) is 0 Å². The molecule has 1 amide bonds. The van der Waals surface area contributed by atoms with Crippen molar-refractivity contribution in [2.75, 3.05) is 0 Å². The van der Waals surface area contributed by atoms with E-state index in [0.29, 0.717) is 0 Å². The molecule has 1 saturated carbocycles. The van der Waals surface area contributed by atoms with Crippen molar-refractivity contribution in [2.24, 2.45) is 11.7 Å². The highest BCUT2D eigenvalue weighted by molar-refractivity contribution is 5.76. The molecule has 0 aliphatic heterocycles. The van der Waals surface area contributed by atoms with Crippen LogP contribution < -0.4 is 11.1 Å². The lowest BCUT2D eigenvalue weighted by Crippen LogP contribution is -2.40. The van der Waals surface area contributed by atoms with Crippen molar-refractivity contribution in [1.29, 1.82) is 0 Å². The Morgan fingerprint density at radius 3 is 2.57 bits per heavy atom. The molecule has 1 atom stereocenters. The Balaban J connectivity index is 2.20. The minimum absolute atomic E-state index is 0.00601. The molecule has 4 heteroatoms. The first-order valence-electron chi connectivity index (χ1n) is 5.31. The van der Waals surface area contributed by atoms with E-state index in [1.165, 1.54) is 12.8 Å². The molecule has 0 aromatic heterocycles. The van der Waals surface area contributed by atoms with Crippen molar-refractivity contribution in [2.45, 2.75) is 51.3 Å². The lowest BCUT2D eigenvalue weighted by atomic mass is 9.87. The third-order valence-corrected chi connectivity index (χ3v) is 2.78. The van der Waals surface area contributed by atoms with Gasteiger partial charge in [0.1, 0.15) is 6.23 Å². The molecule has 0 radical (unpaired) electrons. The lowest BCUT2D eigenvalue weighted by molar-refractivity contribution is -0.123. The van der Waals surface area contributed by atoms with Crippen molar-refractivity contribution in [3.8, 4) is 0 Å². The zero-order valence-electron chi connectivity index (χ0n) is 8.70. The number of aliphatic hydroxyl groups excluding tert-OH is 1. The number of hydrogen-bond acceptors (Lipinski definition) is 3. The van der Waals surface area contributed by atoms with E-state index >= 15 is 0 Å². The number of hydrogen-bond donors (Lipinski definition) is 3. The molecule has 82 valence electrons. The lowest BCUT2D eigenvalue weighted by Gasteiger charge is -2.27. The van der Waals surface area contributed by atoms with E-state index in [-0.39, 0.29) is 18.4 Å². The van der Waals surface area contributed by atoms with Gasteiger partial charge in [-0.25, -0.2) is 0 Å². The van der Waals surface area contributed by atoms with Crippen LogP contribution in [0, 0.1) is 5.92 Å². The SMILES string of the molecule is CC1CCC(NC(=O)CC(N)O)CC1. The van der Waals surface area contributed by atoms with E-state index in [0.717, 1.165) is 18.8 Å². The van der Waals surface area contributed by atoms with Crippen molar-refractivity contribution >= 4 is 5.91 Å². The Morgan fingerprint density at radius 1 is 1.50 bits per heavy atom. The van der Waals surface area contributed by atoms with E-state index in [1.807, 2.05) is 0 Å². The van der Waals surface area contributed by atoms with E-state index < -0.39 is 6.23 Å². The topological polar surface area (TPSA) is 75.4 Å². The number of amides is 1. The first kappa shape index (κ1) is 11.5. The van der Waals surface area contributed by atoms with Gasteiger partial charge in [0.15, 0.2) is 0 Å². The normalized spacial score (nSPS) is 29.6. The summed E-state index contributed by atoms with van der Waals surface area (Å²) >= 11 is 0. The Bertz CT molecular complexity index is 187. The van der Waals surface area contributed by atoms with Gasteiger partial charge in [-0.3, -0.25) is 4.79 Å². The summed E-state index contributed by atoms with van der Waals surface area (Å²) in [6.07, 6.45) is 3.43. The Hall–Kier alpha value is -0.610. The zero-order valence-corrected chi connectivity index (χ0v) is 8.70. The molecule has 1 unspecified atom stereocenters. The zero-order chi connectivity index (χ0) is 10.6. The molecule has 1 aliphatic rings. The molecule has 0 bridgehead atoms. The maximum atomic E-state index is 11.3. The predicted octanol–water partition coefficient (Wildman–Crippen LogP) is 0.348. The summed E-state index contributed by atoms with van der Waals surface area (Å²) in [5.74, 6) is 0.641. The molecular weight excluding hydrogens is 180 g/mol. The minimum Gasteiger partial charge on any atom is -0.378 e. The minimum atomic E-state index is -1.03. The van der Waals surface area contributed by atoms with Crippen LogP contribution in [-0.2, 0) is 4.79 Å². The second-order valence-corrected chi connectivity index (χ2v) is 4.30. The van der Waals surface area contributed by atoms with Crippen LogP contribution in [0.4, 0.5) is 0 Å². The molecule has 1 aliphatic carbocycles. The van der Waals surface area contributed by atoms with Crippen LogP contribution in [-0.4, -0.2) is 23.3 Å². The van der Waals surface area contributed by atoms with Crippen molar-refractivity contribution in [3.05, 3.63) is 0 Å². The molecule has 14 heavy (non-hydrogen) atoms. The molecule has 4 nitrogen and oxygen atoms in total. The smallest absolute Gasteiger partial charge is 0.224 e. The van der Waals surface area contributed by atoms with Gasteiger partial charge in [0, 0.05) is 6.04 Å². The highest BCUT2D eigenvalue weighted by Gasteiger charge is 2.19. The first-order chi connectivity index (χ1) is 6.58. The molecular formula is C10H20N2O2. The van der Waals surface area contributed by atoms with Gasteiger partial charge in [0.2, 0.25) is 5.91 Å². The van der Waals surface area contributed by atoms with Gasteiger partial charge in [-0.15, -0.1) is 0 Å². The summed E-state index contributed by atoms with van der Waals surface area (Å²) in [6, 6.07) is 0.289. The summed E-state index contributed by atoms with van der Waals surface area (Å²) in [7, 11) is 0.